The van der Waals surface area contributed by atoms with E-state index in [0.29, 0.717) is 17.0 Å². The average Bonchev–Trinajstić information content (AvgIpc) is 3.11. The number of nitrogens with one attached hydrogen (secondary N) is 2. The van der Waals surface area contributed by atoms with Gasteiger partial charge in [0.25, 0.3) is 11.8 Å². The third-order valence-corrected chi connectivity index (χ3v) is 7.11. The molecule has 6 nitrogen and oxygen atoms in total. The van der Waals surface area contributed by atoms with Crippen LogP contribution in [0.4, 0.5) is 0 Å². The van der Waals surface area contributed by atoms with Gasteiger partial charge in [-0.15, -0.1) is 0 Å². The number of fused-ring (bicyclic) bond motifs is 6. The van der Waals surface area contributed by atoms with Crippen LogP contribution in [0.3, 0.4) is 0 Å². The van der Waals surface area contributed by atoms with Crippen LogP contribution in [0, 0.1) is 5.41 Å². The lowest BCUT2D eigenvalue weighted by Gasteiger charge is -2.36. The molecule has 1 aromatic heterocycles. The number of aromatic nitrogens is 2. The summed E-state index contributed by atoms with van der Waals surface area (Å²) in [6.07, 6.45) is 1.53. The summed E-state index contributed by atoms with van der Waals surface area (Å²) in [6.45, 7) is 4.19. The van der Waals surface area contributed by atoms with E-state index >= 15 is 0 Å². The van der Waals surface area contributed by atoms with Crippen LogP contribution >= 0.6 is 11.6 Å². The lowest BCUT2D eigenvalue weighted by atomic mass is 9.68. The predicted molar refractivity (Wildman–Crippen MR) is 114 cm³/mol. The van der Waals surface area contributed by atoms with Crippen molar-refractivity contribution in [2.45, 2.75) is 38.0 Å². The number of hydrogen-bond donors (Lipinski definition) is 2. The van der Waals surface area contributed by atoms with Gasteiger partial charge in [0.2, 0.25) is 0 Å². The first-order valence-electron chi connectivity index (χ1n) is 9.98. The van der Waals surface area contributed by atoms with E-state index in [2.05, 4.69) is 24.7 Å². The number of nitrogens with zero attached hydrogens (tertiary/aromatic N) is 2. The van der Waals surface area contributed by atoms with Gasteiger partial charge in [0.05, 0.1) is 22.4 Å². The smallest absolute Gasteiger partial charge is 0.269 e. The lowest BCUT2D eigenvalue weighted by molar-refractivity contribution is -0.130. The van der Waals surface area contributed by atoms with Crippen molar-refractivity contribution < 1.29 is 9.59 Å². The molecule has 7 heteroatoms. The maximum Gasteiger partial charge on any atom is 0.269 e. The van der Waals surface area contributed by atoms with E-state index in [1.807, 2.05) is 24.3 Å². The second-order valence-corrected chi connectivity index (χ2v) is 9.02. The molecule has 2 aliphatic carbocycles. The summed E-state index contributed by atoms with van der Waals surface area (Å²) < 4.78 is 0. The quantitative estimate of drug-likeness (QED) is 0.616. The topological polar surface area (TPSA) is 84.0 Å². The van der Waals surface area contributed by atoms with Gasteiger partial charge < -0.3 is 0 Å². The van der Waals surface area contributed by atoms with Crippen LogP contribution in [-0.4, -0.2) is 21.8 Å². The summed E-state index contributed by atoms with van der Waals surface area (Å²) in [7, 11) is 0. The van der Waals surface area contributed by atoms with Crippen LogP contribution in [0.5, 0.6) is 0 Å². The van der Waals surface area contributed by atoms with Crippen LogP contribution in [0.2, 0.25) is 5.02 Å². The first-order valence-corrected chi connectivity index (χ1v) is 10.4. The summed E-state index contributed by atoms with van der Waals surface area (Å²) in [4.78, 5) is 35.8. The molecule has 3 aromatic rings. The molecule has 5 rings (SSSR count). The SMILES string of the molecule is CC1(C)C2CCC1(C(=O)NNC(=O)c1cccc(Cl)c1)c1nc3ccccc3nc12. The van der Waals surface area contributed by atoms with E-state index in [9.17, 15) is 9.59 Å². The van der Waals surface area contributed by atoms with E-state index < -0.39 is 11.3 Å². The van der Waals surface area contributed by atoms with Crippen molar-refractivity contribution in [1.82, 2.24) is 20.8 Å². The monoisotopic (exact) mass is 420 g/mol. The summed E-state index contributed by atoms with van der Waals surface area (Å²) in [5, 5.41) is 0.458. The largest absolute Gasteiger partial charge is 0.272 e. The van der Waals surface area contributed by atoms with Gasteiger partial charge in [0, 0.05) is 16.5 Å². The Bertz CT molecular complexity index is 1210. The van der Waals surface area contributed by atoms with Crippen molar-refractivity contribution in [3.8, 4) is 0 Å². The van der Waals surface area contributed by atoms with Crippen molar-refractivity contribution in [2.75, 3.05) is 0 Å². The molecule has 30 heavy (non-hydrogen) atoms. The Morgan fingerprint density at radius 3 is 2.50 bits per heavy atom. The third kappa shape index (κ3) is 2.50. The zero-order chi connectivity index (χ0) is 21.1. The van der Waals surface area contributed by atoms with Crippen molar-refractivity contribution in [2.24, 2.45) is 5.41 Å². The number of carbonyl (C=O) groups is 2. The Labute approximate surface area is 179 Å². The normalized spacial score (nSPS) is 23.2. The van der Waals surface area contributed by atoms with E-state index in [1.54, 1.807) is 24.3 Å². The molecule has 2 amide bonds. The maximum atomic E-state index is 13.5. The molecule has 2 aromatic carbocycles. The van der Waals surface area contributed by atoms with Crippen LogP contribution in [0.15, 0.2) is 48.5 Å². The number of halogens is 1. The minimum absolute atomic E-state index is 0.152. The molecule has 2 aliphatic rings. The summed E-state index contributed by atoms with van der Waals surface area (Å²) in [6, 6.07) is 14.3. The molecule has 2 atom stereocenters. The number of rotatable bonds is 2. The minimum atomic E-state index is -0.842. The van der Waals surface area contributed by atoms with E-state index in [-0.39, 0.29) is 17.2 Å². The Balaban J connectivity index is 1.49. The van der Waals surface area contributed by atoms with Crippen molar-refractivity contribution in [1.29, 1.82) is 0 Å². The van der Waals surface area contributed by atoms with Crippen LogP contribution in [0.1, 0.15) is 54.4 Å². The highest BCUT2D eigenvalue weighted by Gasteiger charge is 2.68. The predicted octanol–water partition coefficient (Wildman–Crippen LogP) is 3.90. The summed E-state index contributed by atoms with van der Waals surface area (Å²) >= 11 is 5.96. The fraction of sp³-hybridized carbons (Fsp3) is 0.304. The molecule has 2 N–H and O–H groups in total. The first kappa shape index (κ1) is 19.0. The minimum Gasteiger partial charge on any atom is -0.272 e. The van der Waals surface area contributed by atoms with Gasteiger partial charge in [-0.2, -0.15) is 0 Å². The van der Waals surface area contributed by atoms with Gasteiger partial charge >= 0.3 is 0 Å². The molecule has 0 radical (unpaired) electrons. The Hall–Kier alpha value is -2.99. The molecule has 1 saturated carbocycles. The van der Waals surface area contributed by atoms with Gasteiger partial charge in [-0.1, -0.05) is 43.6 Å². The number of amides is 2. The number of hydrogen-bond acceptors (Lipinski definition) is 4. The average molecular weight is 421 g/mol. The van der Waals surface area contributed by atoms with Crippen LogP contribution < -0.4 is 10.9 Å². The number of hydrazine groups is 1. The lowest BCUT2D eigenvalue weighted by Crippen LogP contribution is -2.54. The molecular weight excluding hydrogens is 400 g/mol. The summed E-state index contributed by atoms with van der Waals surface area (Å²) in [5.74, 6) is -0.523. The molecule has 0 spiro atoms. The van der Waals surface area contributed by atoms with Gasteiger partial charge in [0.15, 0.2) is 0 Å². The fourth-order valence-electron chi connectivity index (χ4n) is 5.25. The molecule has 2 unspecified atom stereocenters. The van der Waals surface area contributed by atoms with Gasteiger partial charge in [0.1, 0.15) is 5.41 Å². The molecule has 152 valence electrons. The Kier molecular flexibility index (Phi) is 4.12. The van der Waals surface area contributed by atoms with Crippen molar-refractivity contribution in [3.05, 3.63) is 70.5 Å². The highest BCUT2D eigenvalue weighted by Crippen LogP contribution is 2.67. The van der Waals surface area contributed by atoms with Crippen LogP contribution in [-0.2, 0) is 10.2 Å². The highest BCUT2D eigenvalue weighted by atomic mass is 35.5. The molecule has 0 aliphatic heterocycles. The van der Waals surface area contributed by atoms with Gasteiger partial charge in [-0.05, 0) is 48.6 Å². The van der Waals surface area contributed by atoms with Crippen LogP contribution in [0.25, 0.3) is 11.0 Å². The van der Waals surface area contributed by atoms with E-state index in [0.717, 1.165) is 28.8 Å². The molecule has 1 heterocycles. The number of benzene rings is 2. The van der Waals surface area contributed by atoms with Crippen molar-refractivity contribution in [3.63, 3.8) is 0 Å². The zero-order valence-electron chi connectivity index (χ0n) is 16.7. The fourth-order valence-corrected chi connectivity index (χ4v) is 5.44. The van der Waals surface area contributed by atoms with E-state index in [4.69, 9.17) is 21.6 Å². The first-order chi connectivity index (χ1) is 14.3. The number of carbonyl (C=O) groups excluding carboxylic acids is 2. The molecule has 1 fully saturated rings. The second kappa shape index (κ2) is 6.51. The van der Waals surface area contributed by atoms with E-state index in [1.165, 1.54) is 0 Å². The Morgan fingerprint density at radius 1 is 1.03 bits per heavy atom. The Morgan fingerprint density at radius 2 is 1.77 bits per heavy atom. The van der Waals surface area contributed by atoms with Crippen molar-refractivity contribution >= 4 is 34.4 Å². The molecule has 0 saturated heterocycles. The van der Waals surface area contributed by atoms with Gasteiger partial charge in [-0.25, -0.2) is 9.97 Å². The standard InChI is InChI=1S/C23H21ClN4O2/c1-22(2)15-10-11-23(22,19-18(15)25-16-8-3-4-9-17(16)26-19)21(30)28-27-20(29)13-6-5-7-14(24)12-13/h3-9,12,15H,10-11H2,1-2H3,(H,27,29)(H,28,30). The van der Waals surface area contributed by atoms with Gasteiger partial charge in [-0.3, -0.25) is 20.4 Å². The zero-order valence-corrected chi connectivity index (χ0v) is 17.5. The molecule has 2 bridgehead atoms. The highest BCUT2D eigenvalue weighted by molar-refractivity contribution is 6.31. The number of para-hydroxylation sites is 2. The second-order valence-electron chi connectivity index (χ2n) is 8.58. The summed E-state index contributed by atoms with van der Waals surface area (Å²) in [5.41, 5.74) is 7.62. The third-order valence-electron chi connectivity index (χ3n) is 6.87. The molecular formula is C23H21ClN4O2. The maximum absolute atomic E-state index is 13.5.